The molecule has 0 bridgehead atoms. The summed E-state index contributed by atoms with van der Waals surface area (Å²) in [6.07, 6.45) is -4.31. The summed E-state index contributed by atoms with van der Waals surface area (Å²) in [6.45, 7) is 3.73. The van der Waals surface area contributed by atoms with E-state index in [-0.39, 0.29) is 19.8 Å². The maximum Gasteiger partial charge on any atom is 0.411 e. The number of hydrogen-bond acceptors (Lipinski definition) is 7. The zero-order valence-corrected chi connectivity index (χ0v) is 17.8. The highest BCUT2D eigenvalue weighted by molar-refractivity contribution is 5.13. The standard InChI is InChI=1S/C21H33F3O7/c22-21(23,24)19-31-17-15-29-13-11-27-9-7-25-6-8-26-10-12-28-14-16-30-18-20-4-2-1-3-5-20/h1-5H,6-19H2. The lowest BCUT2D eigenvalue weighted by molar-refractivity contribution is -0.176. The van der Waals surface area contributed by atoms with Gasteiger partial charge in [-0.25, -0.2) is 0 Å². The van der Waals surface area contributed by atoms with E-state index in [9.17, 15) is 13.2 Å². The molecule has 0 N–H and O–H groups in total. The molecule has 0 radical (unpaired) electrons. The van der Waals surface area contributed by atoms with Crippen LogP contribution in [0.5, 0.6) is 0 Å². The number of rotatable bonds is 21. The van der Waals surface area contributed by atoms with Crippen molar-refractivity contribution < 1.29 is 46.3 Å². The van der Waals surface area contributed by atoms with Crippen molar-refractivity contribution in [3.05, 3.63) is 35.9 Å². The molecule has 7 nitrogen and oxygen atoms in total. The molecule has 1 aromatic rings. The number of alkyl halides is 3. The third kappa shape index (κ3) is 20.4. The lowest BCUT2D eigenvalue weighted by Gasteiger charge is -2.09. The Hall–Kier alpha value is -1.27. The highest BCUT2D eigenvalue weighted by Crippen LogP contribution is 2.14. The molecule has 1 rings (SSSR count). The summed E-state index contributed by atoms with van der Waals surface area (Å²) in [7, 11) is 0. The van der Waals surface area contributed by atoms with Crippen LogP contribution in [0.2, 0.25) is 0 Å². The van der Waals surface area contributed by atoms with E-state index in [1.165, 1.54) is 0 Å². The predicted octanol–water partition coefficient (Wildman–Crippen LogP) is 2.87. The zero-order chi connectivity index (χ0) is 22.5. The summed E-state index contributed by atoms with van der Waals surface area (Å²) >= 11 is 0. The molecule has 0 spiro atoms. The number of halogens is 3. The molecule has 1 aromatic carbocycles. The Morgan fingerprint density at radius 2 is 0.839 bits per heavy atom. The van der Waals surface area contributed by atoms with Gasteiger partial charge in [-0.15, -0.1) is 0 Å². The molecule has 0 atom stereocenters. The molecule has 0 unspecified atom stereocenters. The fourth-order valence-electron chi connectivity index (χ4n) is 2.17. The molecule has 0 aliphatic carbocycles. The molecule has 31 heavy (non-hydrogen) atoms. The predicted molar refractivity (Wildman–Crippen MR) is 107 cm³/mol. The minimum Gasteiger partial charge on any atom is -0.377 e. The summed E-state index contributed by atoms with van der Waals surface area (Å²) in [5, 5.41) is 0. The van der Waals surface area contributed by atoms with E-state index in [0.717, 1.165) is 5.56 Å². The van der Waals surface area contributed by atoms with Gasteiger partial charge in [0.25, 0.3) is 0 Å². The molecule has 0 aliphatic heterocycles. The second kappa shape index (κ2) is 19.4. The van der Waals surface area contributed by atoms with E-state index in [4.69, 9.17) is 28.4 Å². The molecule has 0 aromatic heterocycles. The average molecular weight is 454 g/mol. The molecule has 0 amide bonds. The summed E-state index contributed by atoms with van der Waals surface area (Å²) in [4.78, 5) is 0. The third-order valence-electron chi connectivity index (χ3n) is 3.61. The van der Waals surface area contributed by atoms with Crippen molar-refractivity contribution in [2.45, 2.75) is 12.8 Å². The first-order chi connectivity index (χ1) is 15.1. The van der Waals surface area contributed by atoms with Gasteiger partial charge in [0, 0.05) is 0 Å². The average Bonchev–Trinajstić information content (AvgIpc) is 2.75. The van der Waals surface area contributed by atoms with E-state index in [0.29, 0.717) is 66.1 Å². The van der Waals surface area contributed by atoms with Crippen LogP contribution in [0.15, 0.2) is 30.3 Å². The van der Waals surface area contributed by atoms with Crippen LogP contribution in [0.4, 0.5) is 13.2 Å². The Kier molecular flexibility index (Phi) is 17.4. The van der Waals surface area contributed by atoms with Crippen LogP contribution in [0.3, 0.4) is 0 Å². The first-order valence-electron chi connectivity index (χ1n) is 10.2. The van der Waals surface area contributed by atoms with Crippen LogP contribution in [-0.2, 0) is 39.8 Å². The zero-order valence-electron chi connectivity index (χ0n) is 17.8. The minimum atomic E-state index is -4.31. The molecule has 10 heteroatoms. The SMILES string of the molecule is FC(F)(F)COCCOCCOCCOCCOCCOCCOCc1ccccc1. The molecular formula is C21H33F3O7. The Morgan fingerprint density at radius 1 is 0.484 bits per heavy atom. The molecule has 0 heterocycles. The van der Waals surface area contributed by atoms with Gasteiger partial charge in [-0.3, -0.25) is 0 Å². The smallest absolute Gasteiger partial charge is 0.377 e. The monoisotopic (exact) mass is 454 g/mol. The Balaban J connectivity index is 1.67. The van der Waals surface area contributed by atoms with Crippen molar-refractivity contribution in [1.82, 2.24) is 0 Å². The van der Waals surface area contributed by atoms with Crippen molar-refractivity contribution in [3.8, 4) is 0 Å². The fourth-order valence-corrected chi connectivity index (χ4v) is 2.17. The van der Waals surface area contributed by atoms with Crippen molar-refractivity contribution >= 4 is 0 Å². The van der Waals surface area contributed by atoms with Crippen LogP contribution in [-0.4, -0.2) is 92.1 Å². The van der Waals surface area contributed by atoms with Crippen molar-refractivity contribution in [1.29, 1.82) is 0 Å². The second-order valence-corrected chi connectivity index (χ2v) is 6.27. The van der Waals surface area contributed by atoms with E-state index in [1.54, 1.807) is 0 Å². The van der Waals surface area contributed by atoms with Gasteiger partial charge in [0.1, 0.15) is 6.61 Å². The van der Waals surface area contributed by atoms with Gasteiger partial charge in [-0.05, 0) is 5.56 Å². The van der Waals surface area contributed by atoms with Gasteiger partial charge >= 0.3 is 6.18 Å². The normalized spacial score (nSPS) is 11.8. The van der Waals surface area contributed by atoms with Crippen molar-refractivity contribution in [2.75, 3.05) is 85.9 Å². The molecule has 0 saturated heterocycles. The maximum atomic E-state index is 11.8. The molecule has 0 fully saturated rings. The van der Waals surface area contributed by atoms with Gasteiger partial charge < -0.3 is 33.2 Å². The first-order valence-corrected chi connectivity index (χ1v) is 10.2. The van der Waals surface area contributed by atoms with Gasteiger partial charge in [0.15, 0.2) is 0 Å². The molecule has 0 aliphatic rings. The maximum absolute atomic E-state index is 11.8. The summed E-state index contributed by atoms with van der Waals surface area (Å²) in [5.41, 5.74) is 1.14. The van der Waals surface area contributed by atoms with Crippen LogP contribution in [0, 0.1) is 0 Å². The fraction of sp³-hybridized carbons (Fsp3) is 0.714. The van der Waals surface area contributed by atoms with Crippen molar-refractivity contribution in [2.24, 2.45) is 0 Å². The Bertz CT molecular complexity index is 503. The Labute approximate surface area is 181 Å². The molecular weight excluding hydrogens is 421 g/mol. The number of hydrogen-bond donors (Lipinski definition) is 0. The lowest BCUT2D eigenvalue weighted by Crippen LogP contribution is -2.19. The topological polar surface area (TPSA) is 64.6 Å². The quantitative estimate of drug-likeness (QED) is 0.265. The Morgan fingerprint density at radius 3 is 1.23 bits per heavy atom. The largest absolute Gasteiger partial charge is 0.411 e. The molecule has 180 valence electrons. The second-order valence-electron chi connectivity index (χ2n) is 6.27. The highest BCUT2D eigenvalue weighted by atomic mass is 19.4. The van der Waals surface area contributed by atoms with E-state index in [1.807, 2.05) is 30.3 Å². The van der Waals surface area contributed by atoms with Gasteiger partial charge in [-0.1, -0.05) is 30.3 Å². The summed E-state index contributed by atoms with van der Waals surface area (Å²) in [6, 6.07) is 9.96. The highest BCUT2D eigenvalue weighted by Gasteiger charge is 2.27. The molecule has 0 saturated carbocycles. The summed E-state index contributed by atoms with van der Waals surface area (Å²) < 4.78 is 71.9. The lowest BCUT2D eigenvalue weighted by atomic mass is 10.2. The third-order valence-corrected chi connectivity index (χ3v) is 3.61. The number of ether oxygens (including phenoxy) is 7. The minimum absolute atomic E-state index is 0.0949. The first kappa shape index (κ1) is 27.8. The van der Waals surface area contributed by atoms with Crippen LogP contribution >= 0.6 is 0 Å². The van der Waals surface area contributed by atoms with E-state index >= 15 is 0 Å². The number of benzene rings is 1. The summed E-state index contributed by atoms with van der Waals surface area (Å²) in [5.74, 6) is 0. The van der Waals surface area contributed by atoms with Gasteiger partial charge in [0.2, 0.25) is 0 Å². The van der Waals surface area contributed by atoms with E-state index in [2.05, 4.69) is 4.74 Å². The van der Waals surface area contributed by atoms with Crippen LogP contribution in [0.25, 0.3) is 0 Å². The van der Waals surface area contributed by atoms with E-state index < -0.39 is 12.8 Å². The van der Waals surface area contributed by atoms with Gasteiger partial charge in [0.05, 0.1) is 85.9 Å². The van der Waals surface area contributed by atoms with Crippen LogP contribution < -0.4 is 0 Å². The van der Waals surface area contributed by atoms with Crippen molar-refractivity contribution in [3.63, 3.8) is 0 Å². The van der Waals surface area contributed by atoms with Gasteiger partial charge in [-0.2, -0.15) is 13.2 Å². The van der Waals surface area contributed by atoms with Crippen LogP contribution in [0.1, 0.15) is 5.56 Å².